The van der Waals surface area contributed by atoms with Crippen LogP contribution in [0, 0.1) is 5.82 Å². The van der Waals surface area contributed by atoms with Gasteiger partial charge >= 0.3 is 0 Å². The van der Waals surface area contributed by atoms with Gasteiger partial charge in [-0.05, 0) is 37.1 Å². The molecule has 0 aliphatic rings. The van der Waals surface area contributed by atoms with E-state index in [9.17, 15) is 9.18 Å². The highest BCUT2D eigenvalue weighted by Crippen LogP contribution is 2.33. The Labute approximate surface area is 158 Å². The lowest BCUT2D eigenvalue weighted by atomic mass is 10.0. The molecule has 0 radical (unpaired) electrons. The van der Waals surface area contributed by atoms with Crippen LogP contribution < -0.4 is 19.5 Å². The molecule has 5 nitrogen and oxygen atoms in total. The van der Waals surface area contributed by atoms with Crippen molar-refractivity contribution >= 4 is 5.91 Å². The predicted molar refractivity (Wildman–Crippen MR) is 102 cm³/mol. The number of amides is 1. The molecule has 0 fully saturated rings. The molecular weight excluding hydrogens is 349 g/mol. The maximum atomic E-state index is 13.5. The molecule has 0 bridgehead atoms. The number of hydrogen-bond donors (Lipinski definition) is 1. The SMILES string of the molecule is C=CCc1cc(C(=O)NCCCOc2ccccc2F)cc(OC)c1OC. The largest absolute Gasteiger partial charge is 0.493 e. The number of ether oxygens (including phenoxy) is 3. The summed E-state index contributed by atoms with van der Waals surface area (Å²) in [6, 6.07) is 9.61. The second kappa shape index (κ2) is 10.2. The number of nitrogens with one attached hydrogen (secondary N) is 1. The van der Waals surface area contributed by atoms with Gasteiger partial charge < -0.3 is 19.5 Å². The van der Waals surface area contributed by atoms with Crippen LogP contribution in [0.5, 0.6) is 17.2 Å². The van der Waals surface area contributed by atoms with E-state index in [0.29, 0.717) is 43.1 Å². The zero-order chi connectivity index (χ0) is 19.6. The molecule has 0 saturated heterocycles. The lowest BCUT2D eigenvalue weighted by Crippen LogP contribution is -2.25. The summed E-state index contributed by atoms with van der Waals surface area (Å²) in [6.45, 7) is 4.43. The van der Waals surface area contributed by atoms with Gasteiger partial charge in [0.1, 0.15) is 0 Å². The van der Waals surface area contributed by atoms with Crippen molar-refractivity contribution in [2.45, 2.75) is 12.8 Å². The van der Waals surface area contributed by atoms with E-state index in [-0.39, 0.29) is 11.7 Å². The van der Waals surface area contributed by atoms with Crippen LogP contribution in [0.25, 0.3) is 0 Å². The summed E-state index contributed by atoms with van der Waals surface area (Å²) in [5, 5.41) is 2.82. The molecule has 2 aromatic rings. The minimum Gasteiger partial charge on any atom is -0.493 e. The third kappa shape index (κ3) is 5.48. The molecule has 1 N–H and O–H groups in total. The third-order valence-corrected chi connectivity index (χ3v) is 3.88. The Bertz CT molecular complexity index is 792. The second-order valence-corrected chi connectivity index (χ2v) is 5.75. The van der Waals surface area contributed by atoms with Crippen LogP contribution in [0.4, 0.5) is 4.39 Å². The summed E-state index contributed by atoms with van der Waals surface area (Å²) in [7, 11) is 3.08. The number of benzene rings is 2. The van der Waals surface area contributed by atoms with E-state index in [1.807, 2.05) is 0 Å². The summed E-state index contributed by atoms with van der Waals surface area (Å²) in [6.07, 6.45) is 2.84. The van der Waals surface area contributed by atoms with Crippen LogP contribution in [0.15, 0.2) is 49.1 Å². The molecule has 0 aliphatic carbocycles. The maximum absolute atomic E-state index is 13.5. The highest BCUT2D eigenvalue weighted by atomic mass is 19.1. The fraction of sp³-hybridized carbons (Fsp3) is 0.286. The fourth-order valence-corrected chi connectivity index (χ4v) is 2.60. The van der Waals surface area contributed by atoms with Crippen LogP contribution >= 0.6 is 0 Å². The van der Waals surface area contributed by atoms with Crippen molar-refractivity contribution in [3.8, 4) is 17.2 Å². The molecular formula is C21H24FNO4. The number of hydrogen-bond acceptors (Lipinski definition) is 4. The van der Waals surface area contributed by atoms with Gasteiger partial charge in [0, 0.05) is 17.7 Å². The van der Waals surface area contributed by atoms with Crippen molar-refractivity contribution in [2.75, 3.05) is 27.4 Å². The van der Waals surface area contributed by atoms with Crippen molar-refractivity contribution in [2.24, 2.45) is 0 Å². The number of allylic oxidation sites excluding steroid dienone is 1. The molecule has 6 heteroatoms. The van der Waals surface area contributed by atoms with Gasteiger partial charge in [-0.2, -0.15) is 0 Å². The maximum Gasteiger partial charge on any atom is 0.251 e. The van der Waals surface area contributed by atoms with Gasteiger partial charge in [-0.25, -0.2) is 4.39 Å². The van der Waals surface area contributed by atoms with E-state index in [4.69, 9.17) is 14.2 Å². The molecule has 0 heterocycles. The first kappa shape index (κ1) is 20.3. The first-order valence-electron chi connectivity index (χ1n) is 8.62. The molecule has 0 atom stereocenters. The summed E-state index contributed by atoms with van der Waals surface area (Å²) in [5.74, 6) is 0.656. The molecule has 0 aliphatic heterocycles. The van der Waals surface area contributed by atoms with Gasteiger partial charge in [0.25, 0.3) is 5.91 Å². The average Bonchev–Trinajstić information content (AvgIpc) is 2.68. The third-order valence-electron chi connectivity index (χ3n) is 3.88. The van der Waals surface area contributed by atoms with E-state index in [1.54, 1.807) is 43.5 Å². The summed E-state index contributed by atoms with van der Waals surface area (Å²) in [4.78, 5) is 12.4. The fourth-order valence-electron chi connectivity index (χ4n) is 2.60. The zero-order valence-electron chi connectivity index (χ0n) is 15.6. The van der Waals surface area contributed by atoms with Gasteiger partial charge in [0.15, 0.2) is 23.1 Å². The van der Waals surface area contributed by atoms with Gasteiger partial charge in [0.2, 0.25) is 0 Å². The first-order valence-corrected chi connectivity index (χ1v) is 8.62. The Kier molecular flexibility index (Phi) is 7.67. The van der Waals surface area contributed by atoms with Crippen LogP contribution in [0.2, 0.25) is 0 Å². The van der Waals surface area contributed by atoms with E-state index in [1.165, 1.54) is 13.2 Å². The number of rotatable bonds is 10. The highest BCUT2D eigenvalue weighted by molar-refractivity contribution is 5.95. The quantitative estimate of drug-likeness (QED) is 0.509. The van der Waals surface area contributed by atoms with Crippen molar-refractivity contribution in [3.63, 3.8) is 0 Å². The van der Waals surface area contributed by atoms with Crippen LogP contribution in [-0.2, 0) is 6.42 Å². The number of halogens is 1. The second-order valence-electron chi connectivity index (χ2n) is 5.75. The number of para-hydroxylation sites is 1. The minimum atomic E-state index is -0.401. The van der Waals surface area contributed by atoms with Crippen molar-refractivity contribution < 1.29 is 23.4 Å². The smallest absolute Gasteiger partial charge is 0.251 e. The summed E-state index contributed by atoms with van der Waals surface area (Å²) < 4.78 is 29.5. The number of carbonyl (C=O) groups excluding carboxylic acids is 1. The van der Waals surface area contributed by atoms with Crippen molar-refractivity contribution in [1.82, 2.24) is 5.32 Å². The number of methoxy groups -OCH3 is 2. The molecule has 144 valence electrons. The molecule has 0 saturated carbocycles. The predicted octanol–water partition coefficient (Wildman–Crippen LogP) is 3.77. The van der Waals surface area contributed by atoms with E-state index >= 15 is 0 Å². The van der Waals surface area contributed by atoms with Crippen LogP contribution in [0.3, 0.4) is 0 Å². The van der Waals surface area contributed by atoms with Gasteiger partial charge in [-0.3, -0.25) is 4.79 Å². The topological polar surface area (TPSA) is 56.8 Å². The number of carbonyl (C=O) groups is 1. The molecule has 0 aromatic heterocycles. The van der Waals surface area contributed by atoms with Gasteiger partial charge in [-0.15, -0.1) is 6.58 Å². The summed E-state index contributed by atoms with van der Waals surface area (Å²) >= 11 is 0. The van der Waals surface area contributed by atoms with Crippen LogP contribution in [0.1, 0.15) is 22.3 Å². The van der Waals surface area contributed by atoms with E-state index < -0.39 is 5.82 Å². The lowest BCUT2D eigenvalue weighted by Gasteiger charge is -2.14. The molecule has 2 rings (SSSR count). The lowest BCUT2D eigenvalue weighted by molar-refractivity contribution is 0.0951. The normalized spacial score (nSPS) is 10.2. The Morgan fingerprint density at radius 3 is 2.63 bits per heavy atom. The Hall–Kier alpha value is -3.02. The summed E-state index contributed by atoms with van der Waals surface area (Å²) in [5.41, 5.74) is 1.29. The Morgan fingerprint density at radius 2 is 1.96 bits per heavy atom. The van der Waals surface area contributed by atoms with E-state index in [2.05, 4.69) is 11.9 Å². The average molecular weight is 373 g/mol. The monoisotopic (exact) mass is 373 g/mol. The Balaban J connectivity index is 1.92. The molecule has 27 heavy (non-hydrogen) atoms. The standard InChI is InChI=1S/C21H24FNO4/c1-4-8-15-13-16(14-19(25-2)20(15)26-3)21(24)23-11-7-12-27-18-10-6-5-9-17(18)22/h4-6,9-10,13-14H,1,7-8,11-12H2,2-3H3,(H,23,24). The molecule has 1 amide bonds. The molecule has 0 unspecified atom stereocenters. The Morgan fingerprint density at radius 1 is 1.19 bits per heavy atom. The van der Waals surface area contributed by atoms with Crippen molar-refractivity contribution in [3.05, 3.63) is 66.0 Å². The zero-order valence-corrected chi connectivity index (χ0v) is 15.6. The van der Waals surface area contributed by atoms with E-state index in [0.717, 1.165) is 5.56 Å². The minimum absolute atomic E-state index is 0.206. The molecule has 0 spiro atoms. The van der Waals surface area contributed by atoms with Gasteiger partial charge in [0.05, 0.1) is 20.8 Å². The first-order chi connectivity index (χ1) is 13.1. The highest BCUT2D eigenvalue weighted by Gasteiger charge is 2.15. The van der Waals surface area contributed by atoms with Crippen LogP contribution in [-0.4, -0.2) is 33.3 Å². The molecule has 2 aromatic carbocycles. The van der Waals surface area contributed by atoms with Gasteiger partial charge in [-0.1, -0.05) is 18.2 Å². The van der Waals surface area contributed by atoms with Crippen molar-refractivity contribution in [1.29, 1.82) is 0 Å².